The van der Waals surface area contributed by atoms with Gasteiger partial charge in [0, 0.05) is 11.6 Å². The Balaban J connectivity index is 1.67. The molecule has 1 amide bonds. The zero-order chi connectivity index (χ0) is 24.6. The van der Waals surface area contributed by atoms with Crippen LogP contribution in [0, 0.1) is 6.92 Å². The van der Waals surface area contributed by atoms with Crippen molar-refractivity contribution >= 4 is 33.2 Å². The van der Waals surface area contributed by atoms with E-state index in [2.05, 4.69) is 5.32 Å². The molecule has 3 aromatic rings. The fraction of sp³-hybridized carbons (Fsp3) is 0.269. The molecule has 3 aromatic carbocycles. The van der Waals surface area contributed by atoms with Crippen LogP contribution in [0.25, 0.3) is 0 Å². The number of benzene rings is 3. The number of carbonyl (C=O) groups excluding carboxylic acids is 1. The molecule has 8 heteroatoms. The van der Waals surface area contributed by atoms with Crippen molar-refractivity contribution in [1.82, 2.24) is 5.32 Å². The number of anilines is 1. The molecular formula is C26H29ClN2O4S. The van der Waals surface area contributed by atoms with Crippen LogP contribution in [-0.2, 0) is 21.2 Å². The van der Waals surface area contributed by atoms with Crippen LogP contribution in [0.4, 0.5) is 5.69 Å². The third kappa shape index (κ3) is 6.74. The Morgan fingerprint density at radius 1 is 1.03 bits per heavy atom. The van der Waals surface area contributed by atoms with Crippen LogP contribution in [0.3, 0.4) is 0 Å². The highest BCUT2D eigenvalue weighted by atomic mass is 35.5. The molecule has 0 saturated heterocycles. The van der Waals surface area contributed by atoms with Gasteiger partial charge >= 0.3 is 0 Å². The van der Waals surface area contributed by atoms with Crippen molar-refractivity contribution < 1.29 is 17.9 Å². The second-order valence-corrected chi connectivity index (χ2v) is 10.1. The van der Waals surface area contributed by atoms with Gasteiger partial charge in [-0.25, -0.2) is 8.42 Å². The molecule has 0 aromatic heterocycles. The van der Waals surface area contributed by atoms with E-state index in [1.807, 2.05) is 31.2 Å². The standard InChI is InChI=1S/C26H29ClN2O4S/c1-3-33-23-14-11-21(12-15-23)8-7-17-28-26(30)19-29(25-16-13-22(27)18-20(25)2)34(31,32)24-9-5-4-6-10-24/h4-6,9-16,18H,3,7-8,17,19H2,1-2H3,(H,28,30). The predicted molar refractivity (Wildman–Crippen MR) is 136 cm³/mol. The van der Waals surface area contributed by atoms with Crippen molar-refractivity contribution in [1.29, 1.82) is 0 Å². The van der Waals surface area contributed by atoms with Crippen LogP contribution in [0.5, 0.6) is 5.75 Å². The van der Waals surface area contributed by atoms with E-state index in [-0.39, 0.29) is 17.3 Å². The van der Waals surface area contributed by atoms with Gasteiger partial charge in [0.15, 0.2) is 0 Å². The smallest absolute Gasteiger partial charge is 0.264 e. The summed E-state index contributed by atoms with van der Waals surface area (Å²) in [6.45, 7) is 4.44. The number of aryl methyl sites for hydroxylation is 2. The first-order valence-corrected chi connectivity index (χ1v) is 13.0. The van der Waals surface area contributed by atoms with E-state index in [1.165, 1.54) is 12.1 Å². The summed E-state index contributed by atoms with van der Waals surface area (Å²) in [5, 5.41) is 3.34. The number of sulfonamides is 1. The van der Waals surface area contributed by atoms with Gasteiger partial charge < -0.3 is 10.1 Å². The topological polar surface area (TPSA) is 75.7 Å². The van der Waals surface area contributed by atoms with E-state index in [0.29, 0.717) is 29.4 Å². The highest BCUT2D eigenvalue weighted by Gasteiger charge is 2.28. The average molecular weight is 501 g/mol. The van der Waals surface area contributed by atoms with Crippen LogP contribution >= 0.6 is 11.6 Å². The van der Waals surface area contributed by atoms with Crippen LogP contribution in [0.15, 0.2) is 77.7 Å². The van der Waals surface area contributed by atoms with Crippen molar-refractivity contribution in [2.75, 3.05) is 24.0 Å². The lowest BCUT2D eigenvalue weighted by Gasteiger charge is -2.25. The number of nitrogens with zero attached hydrogens (tertiary/aromatic N) is 1. The van der Waals surface area contributed by atoms with Gasteiger partial charge in [-0.3, -0.25) is 9.10 Å². The molecule has 0 bridgehead atoms. The minimum absolute atomic E-state index is 0.118. The number of ether oxygens (including phenoxy) is 1. The number of rotatable bonds is 11. The fourth-order valence-electron chi connectivity index (χ4n) is 3.54. The fourth-order valence-corrected chi connectivity index (χ4v) is 5.28. The highest BCUT2D eigenvalue weighted by Crippen LogP contribution is 2.28. The normalized spacial score (nSPS) is 11.1. The highest BCUT2D eigenvalue weighted by molar-refractivity contribution is 7.92. The molecule has 0 aliphatic heterocycles. The summed E-state index contributed by atoms with van der Waals surface area (Å²) in [4.78, 5) is 12.9. The first-order chi connectivity index (χ1) is 16.3. The number of carbonyl (C=O) groups is 1. The second-order valence-electron chi connectivity index (χ2n) is 7.79. The molecule has 0 radical (unpaired) electrons. The molecule has 0 unspecified atom stereocenters. The number of hydrogen-bond donors (Lipinski definition) is 1. The van der Waals surface area contributed by atoms with Crippen LogP contribution in [-0.4, -0.2) is 34.0 Å². The van der Waals surface area contributed by atoms with Crippen molar-refractivity contribution in [2.45, 2.75) is 31.6 Å². The summed E-state index contributed by atoms with van der Waals surface area (Å²) >= 11 is 6.06. The van der Waals surface area contributed by atoms with Gasteiger partial charge in [0.25, 0.3) is 10.0 Å². The molecule has 0 aliphatic carbocycles. The maximum atomic E-state index is 13.4. The Morgan fingerprint density at radius 2 is 1.74 bits per heavy atom. The molecule has 0 fully saturated rings. The Labute approximate surface area is 206 Å². The van der Waals surface area contributed by atoms with Crippen molar-refractivity contribution in [2.24, 2.45) is 0 Å². The molecule has 0 saturated carbocycles. The van der Waals surface area contributed by atoms with E-state index in [1.54, 1.807) is 43.3 Å². The number of halogens is 1. The number of nitrogens with one attached hydrogen (secondary N) is 1. The molecule has 0 aliphatic rings. The Morgan fingerprint density at radius 3 is 2.38 bits per heavy atom. The lowest BCUT2D eigenvalue weighted by atomic mass is 10.1. The van der Waals surface area contributed by atoms with E-state index < -0.39 is 10.0 Å². The molecule has 34 heavy (non-hydrogen) atoms. The molecule has 1 N–H and O–H groups in total. The van der Waals surface area contributed by atoms with Crippen LogP contribution in [0.1, 0.15) is 24.5 Å². The van der Waals surface area contributed by atoms with Crippen molar-refractivity contribution in [3.8, 4) is 5.75 Å². The average Bonchev–Trinajstić information content (AvgIpc) is 2.82. The molecule has 3 rings (SSSR count). The molecule has 0 atom stereocenters. The largest absolute Gasteiger partial charge is 0.494 e. The van der Waals surface area contributed by atoms with E-state index in [9.17, 15) is 13.2 Å². The minimum Gasteiger partial charge on any atom is -0.494 e. The van der Waals surface area contributed by atoms with Gasteiger partial charge in [0.2, 0.25) is 5.91 Å². The van der Waals surface area contributed by atoms with Gasteiger partial charge in [-0.1, -0.05) is 41.9 Å². The van der Waals surface area contributed by atoms with Gasteiger partial charge in [-0.05, 0) is 80.3 Å². The second kappa shape index (κ2) is 11.9. The SMILES string of the molecule is CCOc1ccc(CCCNC(=O)CN(c2ccc(Cl)cc2C)S(=O)(=O)c2ccccc2)cc1. The monoisotopic (exact) mass is 500 g/mol. The zero-order valence-corrected chi connectivity index (χ0v) is 20.9. The first-order valence-electron chi connectivity index (χ1n) is 11.1. The van der Waals surface area contributed by atoms with Crippen molar-refractivity contribution in [3.05, 3.63) is 88.9 Å². The number of hydrogen-bond acceptors (Lipinski definition) is 4. The molecule has 0 spiro atoms. The third-order valence-corrected chi connectivity index (χ3v) is 7.25. The lowest BCUT2D eigenvalue weighted by Crippen LogP contribution is -2.41. The summed E-state index contributed by atoms with van der Waals surface area (Å²) < 4.78 is 33.4. The summed E-state index contributed by atoms with van der Waals surface area (Å²) in [6, 6.07) is 20.9. The van der Waals surface area contributed by atoms with Gasteiger partial charge in [-0.2, -0.15) is 0 Å². The van der Waals surface area contributed by atoms with Gasteiger partial charge in [0.1, 0.15) is 12.3 Å². The van der Waals surface area contributed by atoms with Gasteiger partial charge in [0.05, 0.1) is 17.2 Å². The van der Waals surface area contributed by atoms with Crippen LogP contribution in [0.2, 0.25) is 5.02 Å². The minimum atomic E-state index is -3.95. The molecule has 0 heterocycles. The molecular weight excluding hydrogens is 472 g/mol. The third-order valence-electron chi connectivity index (χ3n) is 5.24. The lowest BCUT2D eigenvalue weighted by molar-refractivity contribution is -0.119. The number of amides is 1. The van der Waals surface area contributed by atoms with E-state index in [0.717, 1.165) is 28.5 Å². The maximum absolute atomic E-state index is 13.4. The molecule has 6 nitrogen and oxygen atoms in total. The summed E-state index contributed by atoms with van der Waals surface area (Å²) in [5.74, 6) is 0.456. The predicted octanol–water partition coefficient (Wildman–Crippen LogP) is 4.99. The quantitative estimate of drug-likeness (QED) is 0.376. The Hall–Kier alpha value is -3.03. The van der Waals surface area contributed by atoms with E-state index in [4.69, 9.17) is 16.3 Å². The Bertz CT molecular complexity index is 1200. The van der Waals surface area contributed by atoms with Gasteiger partial charge in [-0.15, -0.1) is 0 Å². The zero-order valence-electron chi connectivity index (χ0n) is 19.3. The van der Waals surface area contributed by atoms with E-state index >= 15 is 0 Å². The summed E-state index contributed by atoms with van der Waals surface area (Å²) in [6.07, 6.45) is 1.51. The Kier molecular flexibility index (Phi) is 8.96. The maximum Gasteiger partial charge on any atom is 0.264 e. The van der Waals surface area contributed by atoms with Crippen LogP contribution < -0.4 is 14.4 Å². The summed E-state index contributed by atoms with van der Waals surface area (Å²) in [7, 11) is -3.95. The first kappa shape index (κ1) is 25.6. The van der Waals surface area contributed by atoms with Crippen molar-refractivity contribution in [3.63, 3.8) is 0 Å². The summed E-state index contributed by atoms with van der Waals surface area (Å²) in [5.41, 5.74) is 2.22. The molecule has 180 valence electrons.